The second-order valence-corrected chi connectivity index (χ2v) is 10.1. The van der Waals surface area contributed by atoms with Gasteiger partial charge in [0.1, 0.15) is 22.7 Å². The Balaban J connectivity index is 1.47. The summed E-state index contributed by atoms with van der Waals surface area (Å²) in [6, 6.07) is 3.88. The first-order valence-electron chi connectivity index (χ1n) is 11.5. The Kier molecular flexibility index (Phi) is 6.26. The van der Waals surface area contributed by atoms with Crippen LogP contribution >= 0.6 is 11.3 Å². The number of fused-ring (bicyclic) bond motifs is 4. The van der Waals surface area contributed by atoms with Crippen LogP contribution in [0.3, 0.4) is 0 Å². The highest BCUT2D eigenvalue weighted by Gasteiger charge is 2.31. The zero-order valence-electron chi connectivity index (χ0n) is 19.6. The van der Waals surface area contributed by atoms with Crippen molar-refractivity contribution in [3.05, 3.63) is 35.1 Å². The molecule has 1 amide bonds. The van der Waals surface area contributed by atoms with Gasteiger partial charge in [-0.2, -0.15) is 5.10 Å². The van der Waals surface area contributed by atoms with Gasteiger partial charge in [0.2, 0.25) is 5.91 Å². The Morgan fingerprint density at radius 2 is 2.17 bits per heavy atom. The van der Waals surface area contributed by atoms with E-state index in [0.29, 0.717) is 30.8 Å². The van der Waals surface area contributed by atoms with Crippen LogP contribution in [-0.4, -0.2) is 57.1 Å². The molecule has 184 valence electrons. The Bertz CT molecular complexity index is 1390. The summed E-state index contributed by atoms with van der Waals surface area (Å²) in [5.74, 6) is 0.809. The van der Waals surface area contributed by atoms with Gasteiger partial charge in [-0.25, -0.2) is 18.7 Å². The highest BCUT2D eigenvalue weighted by molar-refractivity contribution is 7.19. The van der Waals surface area contributed by atoms with Crippen molar-refractivity contribution in [1.29, 1.82) is 0 Å². The van der Waals surface area contributed by atoms with E-state index in [1.54, 1.807) is 6.20 Å². The third-order valence-corrected chi connectivity index (χ3v) is 7.30. The molecule has 0 aliphatic heterocycles. The number of benzene rings is 1. The highest BCUT2D eigenvalue weighted by Crippen LogP contribution is 2.42. The lowest BCUT2D eigenvalue weighted by atomic mass is 9.87. The molecule has 0 saturated carbocycles. The summed E-state index contributed by atoms with van der Waals surface area (Å²) in [6.45, 7) is 3.39. The largest absolute Gasteiger partial charge is 0.489 e. The van der Waals surface area contributed by atoms with Gasteiger partial charge >= 0.3 is 0 Å². The molecule has 0 spiro atoms. The lowest BCUT2D eigenvalue weighted by molar-refractivity contribution is -0.136. The van der Waals surface area contributed by atoms with E-state index in [4.69, 9.17) is 4.74 Å². The number of amides is 1. The summed E-state index contributed by atoms with van der Waals surface area (Å²) in [4.78, 5) is 24.7. The summed E-state index contributed by atoms with van der Waals surface area (Å²) in [6.07, 6.45) is 2.49. The number of rotatable bonds is 7. The SMILES string of the molecule is CC(C)Oc1cc2[nH]ncc2cc1Nc1ncnc2sc3c(c12)CC[C@@H](C(=O)N(C)CC(F)F)C3. The van der Waals surface area contributed by atoms with Crippen molar-refractivity contribution in [2.45, 2.75) is 45.6 Å². The topological polar surface area (TPSA) is 96.0 Å². The number of H-pyrrole nitrogens is 1. The van der Waals surface area contributed by atoms with Crippen molar-refractivity contribution in [2.75, 3.05) is 18.9 Å². The first kappa shape index (κ1) is 23.4. The second-order valence-electron chi connectivity index (χ2n) is 9.05. The molecular formula is C24H26F2N6O2S. The highest BCUT2D eigenvalue weighted by atomic mass is 32.1. The van der Waals surface area contributed by atoms with Gasteiger partial charge in [-0.3, -0.25) is 9.89 Å². The number of thiophene rings is 1. The lowest BCUT2D eigenvalue weighted by Crippen LogP contribution is -2.38. The zero-order chi connectivity index (χ0) is 24.7. The Morgan fingerprint density at radius 1 is 1.34 bits per heavy atom. The van der Waals surface area contributed by atoms with Crippen molar-refractivity contribution in [1.82, 2.24) is 25.1 Å². The minimum Gasteiger partial charge on any atom is -0.489 e. The van der Waals surface area contributed by atoms with Gasteiger partial charge in [-0.15, -0.1) is 11.3 Å². The number of aromatic amines is 1. The molecule has 0 radical (unpaired) electrons. The van der Waals surface area contributed by atoms with E-state index < -0.39 is 13.0 Å². The summed E-state index contributed by atoms with van der Waals surface area (Å²) in [5.41, 5.74) is 2.76. The summed E-state index contributed by atoms with van der Waals surface area (Å²) in [5, 5.41) is 12.4. The van der Waals surface area contributed by atoms with E-state index >= 15 is 0 Å². The maximum Gasteiger partial charge on any atom is 0.255 e. The fourth-order valence-corrected chi connectivity index (χ4v) is 5.84. The van der Waals surface area contributed by atoms with Crippen molar-refractivity contribution < 1.29 is 18.3 Å². The van der Waals surface area contributed by atoms with Crippen molar-refractivity contribution in [3.8, 4) is 5.75 Å². The number of ether oxygens (including phenoxy) is 1. The van der Waals surface area contributed by atoms with E-state index in [9.17, 15) is 13.6 Å². The number of nitrogens with one attached hydrogen (secondary N) is 2. The van der Waals surface area contributed by atoms with Gasteiger partial charge < -0.3 is 15.0 Å². The lowest BCUT2D eigenvalue weighted by Gasteiger charge is -2.26. The number of hydrogen-bond acceptors (Lipinski definition) is 7. The molecule has 5 rings (SSSR count). The first-order valence-corrected chi connectivity index (χ1v) is 12.3. The monoisotopic (exact) mass is 500 g/mol. The van der Waals surface area contributed by atoms with Gasteiger partial charge in [0.15, 0.2) is 0 Å². The number of aromatic nitrogens is 4. The number of carbonyl (C=O) groups excluding carboxylic acids is 1. The molecule has 2 N–H and O–H groups in total. The fraction of sp³-hybridized carbons (Fsp3) is 0.417. The van der Waals surface area contributed by atoms with Crippen LogP contribution in [0.1, 0.15) is 30.7 Å². The summed E-state index contributed by atoms with van der Waals surface area (Å²) < 4.78 is 31.5. The molecule has 0 bridgehead atoms. The molecule has 0 fully saturated rings. The predicted octanol–water partition coefficient (Wildman–Crippen LogP) is 4.93. The van der Waals surface area contributed by atoms with E-state index in [-0.39, 0.29) is 17.9 Å². The van der Waals surface area contributed by atoms with E-state index in [2.05, 4.69) is 25.5 Å². The Morgan fingerprint density at radius 3 is 2.94 bits per heavy atom. The average molecular weight is 501 g/mol. The van der Waals surface area contributed by atoms with Crippen molar-refractivity contribution >= 4 is 49.9 Å². The number of halogens is 2. The van der Waals surface area contributed by atoms with Crippen LogP contribution in [0, 0.1) is 5.92 Å². The molecule has 0 saturated heterocycles. The third-order valence-electron chi connectivity index (χ3n) is 6.14. The number of aryl methyl sites for hydroxylation is 1. The molecule has 1 aliphatic carbocycles. The zero-order valence-corrected chi connectivity index (χ0v) is 20.5. The molecule has 1 atom stereocenters. The Labute approximate surface area is 204 Å². The number of alkyl halides is 2. The van der Waals surface area contributed by atoms with Crippen LogP contribution < -0.4 is 10.1 Å². The number of hydrogen-bond donors (Lipinski definition) is 2. The van der Waals surface area contributed by atoms with Gasteiger partial charge in [0, 0.05) is 29.3 Å². The van der Waals surface area contributed by atoms with E-state index in [0.717, 1.165) is 42.1 Å². The van der Waals surface area contributed by atoms with Crippen molar-refractivity contribution in [2.24, 2.45) is 5.92 Å². The molecule has 0 unspecified atom stereocenters. The normalized spacial score (nSPS) is 15.7. The third kappa shape index (κ3) is 4.64. The van der Waals surface area contributed by atoms with Crippen LogP contribution in [-0.2, 0) is 17.6 Å². The molecule has 3 aromatic heterocycles. The molecule has 3 heterocycles. The van der Waals surface area contributed by atoms with Crippen LogP contribution in [0.2, 0.25) is 0 Å². The quantitative estimate of drug-likeness (QED) is 0.374. The van der Waals surface area contributed by atoms with Gasteiger partial charge in [0.05, 0.1) is 35.4 Å². The molecule has 4 aromatic rings. The molecule has 35 heavy (non-hydrogen) atoms. The molecule has 1 aromatic carbocycles. The standard InChI is InChI=1S/C24H26F2N6O2S/c1-12(2)34-18-8-16-14(9-29-31-16)6-17(18)30-22-21-15-5-4-13(24(33)32(3)10-20(25)26)7-19(15)35-23(21)28-11-27-22/h6,8-9,11-13,20H,4-5,7,10H2,1-3H3,(H,29,31)(H,27,28,30)/t13-/m1/s1. The Hall–Kier alpha value is -3.34. The fourth-order valence-electron chi connectivity index (χ4n) is 4.57. The van der Waals surface area contributed by atoms with E-state index in [1.165, 1.54) is 24.7 Å². The molecule has 11 heteroatoms. The van der Waals surface area contributed by atoms with Crippen molar-refractivity contribution in [3.63, 3.8) is 0 Å². The molecular weight excluding hydrogens is 474 g/mol. The molecule has 1 aliphatic rings. The van der Waals surface area contributed by atoms with Gasteiger partial charge in [0.25, 0.3) is 6.43 Å². The van der Waals surface area contributed by atoms with Gasteiger partial charge in [-0.1, -0.05) is 0 Å². The second kappa shape index (κ2) is 9.37. The minimum atomic E-state index is -2.54. The smallest absolute Gasteiger partial charge is 0.255 e. The summed E-state index contributed by atoms with van der Waals surface area (Å²) >= 11 is 1.53. The van der Waals surface area contributed by atoms with Crippen LogP contribution in [0.15, 0.2) is 24.7 Å². The maximum absolute atomic E-state index is 12.8. The summed E-state index contributed by atoms with van der Waals surface area (Å²) in [7, 11) is 1.44. The van der Waals surface area contributed by atoms with Crippen LogP contribution in [0.25, 0.3) is 21.1 Å². The average Bonchev–Trinajstić information content (AvgIpc) is 3.41. The minimum absolute atomic E-state index is 0.0204. The van der Waals surface area contributed by atoms with Crippen LogP contribution in [0.4, 0.5) is 20.3 Å². The van der Waals surface area contributed by atoms with Crippen LogP contribution in [0.5, 0.6) is 5.75 Å². The van der Waals surface area contributed by atoms with E-state index in [1.807, 2.05) is 26.0 Å². The maximum atomic E-state index is 12.8. The number of carbonyl (C=O) groups is 1. The molecule has 8 nitrogen and oxygen atoms in total. The number of anilines is 2. The predicted molar refractivity (Wildman–Crippen MR) is 132 cm³/mol. The van der Waals surface area contributed by atoms with Gasteiger partial charge in [-0.05, 0) is 44.7 Å². The first-order chi connectivity index (χ1) is 16.8. The number of nitrogens with zero attached hydrogens (tertiary/aromatic N) is 4.